The summed E-state index contributed by atoms with van der Waals surface area (Å²) < 4.78 is 6.87. The van der Waals surface area contributed by atoms with Crippen molar-refractivity contribution in [3.63, 3.8) is 0 Å². The molecule has 3 heteroatoms. The van der Waals surface area contributed by atoms with E-state index in [2.05, 4.69) is 42.0 Å². The summed E-state index contributed by atoms with van der Waals surface area (Å²) in [6, 6.07) is 8.45. The number of hydrogen-bond donors (Lipinski definition) is 0. The summed E-state index contributed by atoms with van der Waals surface area (Å²) in [7, 11) is 1.40. The molecule has 0 saturated heterocycles. The van der Waals surface area contributed by atoms with Crippen molar-refractivity contribution in [1.29, 1.82) is 0 Å². The number of carbonyl (C=O) groups is 1. The molecular weight excluding hydrogens is 238 g/mol. The average molecular weight is 257 g/mol. The van der Waals surface area contributed by atoms with Crippen LogP contribution >= 0.6 is 0 Å². The van der Waals surface area contributed by atoms with Gasteiger partial charge in [0.1, 0.15) is 0 Å². The van der Waals surface area contributed by atoms with Crippen molar-refractivity contribution in [3.8, 4) is 0 Å². The van der Waals surface area contributed by atoms with Crippen molar-refractivity contribution in [2.24, 2.45) is 0 Å². The number of rotatable bonds is 4. The lowest BCUT2D eigenvalue weighted by atomic mass is 10.1. The van der Waals surface area contributed by atoms with Gasteiger partial charge < -0.3 is 9.30 Å². The number of aromatic nitrogens is 1. The molecule has 0 radical (unpaired) electrons. The molecule has 0 aliphatic carbocycles. The Kier molecular flexibility index (Phi) is 4.05. The highest BCUT2D eigenvalue weighted by molar-refractivity contribution is 5.87. The van der Waals surface area contributed by atoms with Gasteiger partial charge in [-0.15, -0.1) is 0 Å². The van der Waals surface area contributed by atoms with E-state index in [1.54, 1.807) is 6.92 Å². The first kappa shape index (κ1) is 13.4. The van der Waals surface area contributed by atoms with Crippen LogP contribution in [0.4, 0.5) is 0 Å². The smallest absolute Gasteiger partial charge is 0.333 e. The molecule has 0 atom stereocenters. The molecule has 0 spiro atoms. The van der Waals surface area contributed by atoms with Gasteiger partial charge in [0.05, 0.1) is 12.6 Å². The van der Waals surface area contributed by atoms with E-state index in [1.807, 2.05) is 6.08 Å². The zero-order valence-corrected chi connectivity index (χ0v) is 11.6. The zero-order valence-electron chi connectivity index (χ0n) is 11.6. The second-order valence-corrected chi connectivity index (χ2v) is 4.56. The average Bonchev–Trinajstić information content (AvgIpc) is 2.86. The molecule has 100 valence electrons. The van der Waals surface area contributed by atoms with Gasteiger partial charge in [-0.25, -0.2) is 4.79 Å². The second kappa shape index (κ2) is 5.74. The van der Waals surface area contributed by atoms with Crippen LogP contribution in [0.5, 0.6) is 0 Å². The first-order valence-electron chi connectivity index (χ1n) is 6.49. The number of methoxy groups -OCH3 is 1. The van der Waals surface area contributed by atoms with Crippen molar-refractivity contribution in [3.05, 3.63) is 47.7 Å². The standard InChI is InChI=1S/C16H19NO2/c1-4-13-6-5-7-14-9-11-17(15(13)14)10-8-12(2)16(18)19-3/h5-9,11H,4,10H2,1-3H3. The molecule has 0 unspecified atom stereocenters. The minimum absolute atomic E-state index is 0.271. The van der Waals surface area contributed by atoms with E-state index in [0.29, 0.717) is 12.1 Å². The maximum Gasteiger partial charge on any atom is 0.333 e. The van der Waals surface area contributed by atoms with E-state index in [4.69, 9.17) is 4.74 Å². The van der Waals surface area contributed by atoms with Crippen molar-refractivity contribution in [1.82, 2.24) is 4.57 Å². The maximum atomic E-state index is 11.4. The molecule has 2 rings (SSSR count). The molecule has 1 aromatic carbocycles. The predicted octanol–water partition coefficient (Wildman–Crippen LogP) is 3.32. The van der Waals surface area contributed by atoms with Crippen LogP contribution in [0.1, 0.15) is 19.4 Å². The second-order valence-electron chi connectivity index (χ2n) is 4.56. The summed E-state index contributed by atoms with van der Waals surface area (Å²) in [5.41, 5.74) is 3.21. The summed E-state index contributed by atoms with van der Waals surface area (Å²) >= 11 is 0. The van der Waals surface area contributed by atoms with E-state index in [0.717, 1.165) is 6.42 Å². The number of nitrogens with zero attached hydrogens (tertiary/aromatic N) is 1. The Labute approximate surface area is 113 Å². The summed E-state index contributed by atoms with van der Waals surface area (Å²) in [5.74, 6) is -0.271. The molecule has 3 nitrogen and oxygen atoms in total. The monoisotopic (exact) mass is 257 g/mol. The largest absolute Gasteiger partial charge is 0.466 e. The van der Waals surface area contributed by atoms with E-state index in [-0.39, 0.29) is 5.97 Å². The first-order valence-corrected chi connectivity index (χ1v) is 6.49. The molecule has 0 N–H and O–H groups in total. The van der Waals surface area contributed by atoms with Crippen molar-refractivity contribution in [2.45, 2.75) is 26.8 Å². The molecule has 0 amide bonds. The van der Waals surface area contributed by atoms with Gasteiger partial charge in [0.15, 0.2) is 0 Å². The van der Waals surface area contributed by atoms with Crippen LogP contribution in [0.25, 0.3) is 10.9 Å². The highest BCUT2D eigenvalue weighted by atomic mass is 16.5. The minimum Gasteiger partial charge on any atom is -0.466 e. The molecule has 0 aliphatic heterocycles. The third-order valence-corrected chi connectivity index (χ3v) is 3.35. The summed E-state index contributed by atoms with van der Waals surface area (Å²) in [6.07, 6.45) is 4.96. The molecule has 0 saturated carbocycles. The minimum atomic E-state index is -0.271. The molecule has 1 aromatic heterocycles. The molecule has 2 aromatic rings. The van der Waals surface area contributed by atoms with E-state index in [9.17, 15) is 4.79 Å². The number of para-hydroxylation sites is 1. The predicted molar refractivity (Wildman–Crippen MR) is 77.1 cm³/mol. The molecule has 0 fully saturated rings. The fourth-order valence-electron chi connectivity index (χ4n) is 2.26. The first-order chi connectivity index (χ1) is 9.17. The maximum absolute atomic E-state index is 11.4. The van der Waals surface area contributed by atoms with Gasteiger partial charge in [0.2, 0.25) is 0 Å². The van der Waals surface area contributed by atoms with Crippen LogP contribution in [0, 0.1) is 0 Å². The normalized spacial score (nSPS) is 11.8. The van der Waals surface area contributed by atoms with Gasteiger partial charge in [-0.3, -0.25) is 0 Å². The summed E-state index contributed by atoms with van der Waals surface area (Å²) in [6.45, 7) is 4.61. The Morgan fingerprint density at radius 1 is 1.37 bits per heavy atom. The Balaban J connectivity index is 2.34. The third kappa shape index (κ3) is 2.70. The third-order valence-electron chi connectivity index (χ3n) is 3.35. The summed E-state index contributed by atoms with van der Waals surface area (Å²) in [5, 5.41) is 1.24. The Hall–Kier alpha value is -2.03. The van der Waals surface area contributed by atoms with Crippen molar-refractivity contribution >= 4 is 16.9 Å². The quantitative estimate of drug-likeness (QED) is 0.621. The van der Waals surface area contributed by atoms with Crippen LogP contribution in [0.3, 0.4) is 0 Å². The lowest BCUT2D eigenvalue weighted by Crippen LogP contribution is -2.03. The van der Waals surface area contributed by atoms with Crippen LogP contribution < -0.4 is 0 Å². The zero-order chi connectivity index (χ0) is 13.8. The number of aryl methyl sites for hydroxylation is 1. The fourth-order valence-corrected chi connectivity index (χ4v) is 2.26. The Bertz CT molecular complexity index is 623. The highest BCUT2D eigenvalue weighted by Gasteiger charge is 2.06. The van der Waals surface area contributed by atoms with Crippen molar-refractivity contribution in [2.75, 3.05) is 7.11 Å². The van der Waals surface area contributed by atoms with E-state index >= 15 is 0 Å². The number of allylic oxidation sites excluding steroid dienone is 1. The van der Waals surface area contributed by atoms with Crippen LogP contribution in [0.2, 0.25) is 0 Å². The van der Waals surface area contributed by atoms with E-state index < -0.39 is 0 Å². The fraction of sp³-hybridized carbons (Fsp3) is 0.312. The Morgan fingerprint density at radius 2 is 2.16 bits per heavy atom. The number of fused-ring (bicyclic) bond motifs is 1. The van der Waals surface area contributed by atoms with E-state index in [1.165, 1.54) is 23.6 Å². The molecule has 0 aliphatic rings. The van der Waals surface area contributed by atoms with Gasteiger partial charge in [0.25, 0.3) is 0 Å². The summed E-state index contributed by atoms with van der Waals surface area (Å²) in [4.78, 5) is 11.4. The van der Waals surface area contributed by atoms with Gasteiger partial charge in [-0.2, -0.15) is 0 Å². The van der Waals surface area contributed by atoms with Crippen LogP contribution in [-0.4, -0.2) is 17.6 Å². The van der Waals surface area contributed by atoms with Crippen LogP contribution in [0.15, 0.2) is 42.1 Å². The number of ether oxygens (including phenoxy) is 1. The number of benzene rings is 1. The topological polar surface area (TPSA) is 31.2 Å². The van der Waals surface area contributed by atoms with Gasteiger partial charge in [-0.05, 0) is 30.4 Å². The number of hydrogen-bond acceptors (Lipinski definition) is 2. The highest BCUT2D eigenvalue weighted by Crippen LogP contribution is 2.21. The lowest BCUT2D eigenvalue weighted by molar-refractivity contribution is -0.136. The van der Waals surface area contributed by atoms with Crippen LogP contribution in [-0.2, 0) is 22.5 Å². The van der Waals surface area contributed by atoms with Gasteiger partial charge >= 0.3 is 5.97 Å². The SMILES string of the molecule is CCc1cccc2ccn(CC=C(C)C(=O)OC)c12. The molecule has 1 heterocycles. The lowest BCUT2D eigenvalue weighted by Gasteiger charge is -2.07. The Morgan fingerprint density at radius 3 is 2.84 bits per heavy atom. The molecular formula is C16H19NO2. The molecule has 19 heavy (non-hydrogen) atoms. The number of esters is 1. The number of carbonyl (C=O) groups excluding carboxylic acids is 1. The van der Waals surface area contributed by atoms with Gasteiger partial charge in [-0.1, -0.05) is 31.2 Å². The molecule has 0 bridgehead atoms. The van der Waals surface area contributed by atoms with Gasteiger partial charge in [0, 0.05) is 18.3 Å². The van der Waals surface area contributed by atoms with Crippen molar-refractivity contribution < 1.29 is 9.53 Å².